The molecule has 0 saturated heterocycles. The summed E-state index contributed by atoms with van der Waals surface area (Å²) in [5.41, 5.74) is 4.15. The second kappa shape index (κ2) is 8.60. The SMILES string of the molecule is C/C=C\C=C/C1=CCCc2ccccc2N1CCCN(C)C. The first-order valence-electron chi connectivity index (χ1n) is 8.22. The first-order chi connectivity index (χ1) is 10.7. The average Bonchev–Trinajstić information content (AvgIpc) is 2.67. The van der Waals surface area contributed by atoms with E-state index in [0.29, 0.717) is 0 Å². The standard InChI is InChI=1S/C20H28N2/c1-4-5-6-13-19-14-9-12-18-11-7-8-15-20(18)22(19)17-10-16-21(2)3/h4-8,11,13-15H,9-10,12,16-17H2,1-3H3/b5-4-,13-6-. The molecule has 0 amide bonds. The molecular weight excluding hydrogens is 268 g/mol. The van der Waals surface area contributed by atoms with Gasteiger partial charge in [0, 0.05) is 17.9 Å². The Labute approximate surface area is 135 Å². The Hall–Kier alpha value is -1.80. The number of hydrogen-bond acceptors (Lipinski definition) is 2. The van der Waals surface area contributed by atoms with Crippen molar-refractivity contribution in [2.75, 3.05) is 32.1 Å². The molecular formula is C20H28N2. The molecule has 0 saturated carbocycles. The highest BCUT2D eigenvalue weighted by atomic mass is 15.1. The fraction of sp³-hybridized carbons (Fsp3) is 0.400. The van der Waals surface area contributed by atoms with Gasteiger partial charge in [0.1, 0.15) is 0 Å². The van der Waals surface area contributed by atoms with Crippen molar-refractivity contribution in [2.45, 2.75) is 26.2 Å². The molecule has 0 atom stereocenters. The number of allylic oxidation sites excluding steroid dienone is 5. The Morgan fingerprint density at radius 1 is 1.18 bits per heavy atom. The summed E-state index contributed by atoms with van der Waals surface area (Å²) in [5.74, 6) is 0. The second-order valence-electron chi connectivity index (χ2n) is 5.99. The number of rotatable bonds is 6. The Balaban J connectivity index is 2.24. The number of nitrogens with zero attached hydrogens (tertiary/aromatic N) is 2. The van der Waals surface area contributed by atoms with Crippen LogP contribution in [0.3, 0.4) is 0 Å². The van der Waals surface area contributed by atoms with E-state index in [-0.39, 0.29) is 0 Å². The van der Waals surface area contributed by atoms with E-state index in [4.69, 9.17) is 0 Å². The van der Waals surface area contributed by atoms with Gasteiger partial charge in [-0.25, -0.2) is 0 Å². The molecule has 0 bridgehead atoms. The number of hydrogen-bond donors (Lipinski definition) is 0. The lowest BCUT2D eigenvalue weighted by atomic mass is 10.1. The minimum Gasteiger partial charge on any atom is -0.341 e. The summed E-state index contributed by atoms with van der Waals surface area (Å²) in [4.78, 5) is 4.73. The lowest BCUT2D eigenvalue weighted by Crippen LogP contribution is -2.26. The van der Waals surface area contributed by atoms with Crippen molar-refractivity contribution in [3.8, 4) is 0 Å². The monoisotopic (exact) mass is 296 g/mol. The highest BCUT2D eigenvalue weighted by molar-refractivity contribution is 5.61. The molecule has 0 N–H and O–H groups in total. The van der Waals surface area contributed by atoms with Crippen molar-refractivity contribution < 1.29 is 0 Å². The molecule has 0 unspecified atom stereocenters. The van der Waals surface area contributed by atoms with Crippen molar-refractivity contribution in [1.29, 1.82) is 0 Å². The van der Waals surface area contributed by atoms with Crippen LogP contribution in [0.25, 0.3) is 0 Å². The van der Waals surface area contributed by atoms with Gasteiger partial charge in [0.15, 0.2) is 0 Å². The molecule has 1 aromatic carbocycles. The number of aryl methyl sites for hydroxylation is 1. The largest absolute Gasteiger partial charge is 0.341 e. The molecule has 1 heterocycles. The quantitative estimate of drug-likeness (QED) is 0.718. The third-order valence-electron chi connectivity index (χ3n) is 3.92. The smallest absolute Gasteiger partial charge is 0.0443 e. The molecule has 118 valence electrons. The van der Waals surface area contributed by atoms with E-state index >= 15 is 0 Å². The third-order valence-corrected chi connectivity index (χ3v) is 3.92. The average molecular weight is 296 g/mol. The summed E-state index contributed by atoms with van der Waals surface area (Å²) < 4.78 is 0. The first kappa shape index (κ1) is 16.6. The van der Waals surface area contributed by atoms with Crippen LogP contribution in [0.1, 0.15) is 25.3 Å². The van der Waals surface area contributed by atoms with Gasteiger partial charge in [0.2, 0.25) is 0 Å². The van der Waals surface area contributed by atoms with Crippen molar-refractivity contribution in [3.05, 3.63) is 65.9 Å². The number of anilines is 1. The van der Waals surface area contributed by atoms with Crippen molar-refractivity contribution in [3.63, 3.8) is 0 Å². The summed E-state index contributed by atoms with van der Waals surface area (Å²) >= 11 is 0. The zero-order valence-electron chi connectivity index (χ0n) is 14.1. The molecule has 2 nitrogen and oxygen atoms in total. The Kier molecular flexibility index (Phi) is 6.47. The van der Waals surface area contributed by atoms with Crippen LogP contribution in [0.4, 0.5) is 5.69 Å². The van der Waals surface area contributed by atoms with Crippen LogP contribution < -0.4 is 4.90 Å². The lowest BCUT2D eigenvalue weighted by Gasteiger charge is -2.27. The van der Waals surface area contributed by atoms with Gasteiger partial charge in [-0.05, 0) is 64.5 Å². The maximum atomic E-state index is 2.48. The summed E-state index contributed by atoms with van der Waals surface area (Å²) in [5, 5.41) is 0. The van der Waals surface area contributed by atoms with E-state index in [0.717, 1.165) is 32.4 Å². The minimum atomic E-state index is 1.06. The van der Waals surface area contributed by atoms with Gasteiger partial charge in [0.05, 0.1) is 0 Å². The molecule has 1 aliphatic heterocycles. The van der Waals surface area contributed by atoms with Crippen LogP contribution >= 0.6 is 0 Å². The first-order valence-corrected chi connectivity index (χ1v) is 8.22. The van der Waals surface area contributed by atoms with Gasteiger partial charge >= 0.3 is 0 Å². The van der Waals surface area contributed by atoms with Gasteiger partial charge < -0.3 is 9.80 Å². The van der Waals surface area contributed by atoms with Gasteiger partial charge in [-0.15, -0.1) is 0 Å². The molecule has 2 heteroatoms. The molecule has 1 aromatic rings. The van der Waals surface area contributed by atoms with Crippen LogP contribution in [-0.4, -0.2) is 32.1 Å². The van der Waals surface area contributed by atoms with Crippen LogP contribution in [0, 0.1) is 0 Å². The van der Waals surface area contributed by atoms with Gasteiger partial charge in [-0.1, -0.05) is 42.5 Å². The Bertz CT molecular complexity index is 553. The molecule has 1 aliphatic rings. The molecule has 0 aromatic heterocycles. The molecule has 0 spiro atoms. The summed E-state index contributed by atoms with van der Waals surface area (Å²) in [7, 11) is 4.28. The summed E-state index contributed by atoms with van der Waals surface area (Å²) in [6, 6.07) is 8.82. The number of para-hydroxylation sites is 1. The van der Waals surface area contributed by atoms with Crippen LogP contribution in [0.5, 0.6) is 0 Å². The van der Waals surface area contributed by atoms with Crippen LogP contribution in [-0.2, 0) is 6.42 Å². The predicted octanol–water partition coefficient (Wildman–Crippen LogP) is 4.41. The predicted molar refractivity (Wildman–Crippen MR) is 97.3 cm³/mol. The zero-order valence-corrected chi connectivity index (χ0v) is 14.1. The maximum absolute atomic E-state index is 2.48. The van der Waals surface area contributed by atoms with Crippen molar-refractivity contribution in [1.82, 2.24) is 4.90 Å². The van der Waals surface area contributed by atoms with E-state index in [1.165, 1.54) is 16.9 Å². The van der Waals surface area contributed by atoms with E-state index in [1.807, 2.05) is 0 Å². The fourth-order valence-electron chi connectivity index (χ4n) is 2.83. The van der Waals surface area contributed by atoms with Crippen LogP contribution in [0.15, 0.2) is 60.3 Å². The summed E-state index contributed by atoms with van der Waals surface area (Å²) in [6.45, 7) is 4.22. The topological polar surface area (TPSA) is 6.48 Å². The molecule has 22 heavy (non-hydrogen) atoms. The van der Waals surface area contributed by atoms with Gasteiger partial charge in [0.25, 0.3) is 0 Å². The normalized spacial score (nSPS) is 15.5. The lowest BCUT2D eigenvalue weighted by molar-refractivity contribution is 0.402. The molecule has 2 rings (SSSR count). The number of benzene rings is 1. The van der Waals surface area contributed by atoms with Gasteiger partial charge in [-0.3, -0.25) is 0 Å². The second-order valence-corrected chi connectivity index (χ2v) is 5.99. The van der Waals surface area contributed by atoms with E-state index in [1.54, 1.807) is 0 Å². The zero-order chi connectivity index (χ0) is 15.8. The van der Waals surface area contributed by atoms with Crippen molar-refractivity contribution in [2.24, 2.45) is 0 Å². The maximum Gasteiger partial charge on any atom is 0.0443 e. The number of fused-ring (bicyclic) bond motifs is 1. The highest BCUT2D eigenvalue weighted by Gasteiger charge is 2.16. The van der Waals surface area contributed by atoms with E-state index in [9.17, 15) is 0 Å². The molecule has 0 fully saturated rings. The highest BCUT2D eigenvalue weighted by Crippen LogP contribution is 2.29. The Morgan fingerprint density at radius 2 is 2.00 bits per heavy atom. The minimum absolute atomic E-state index is 1.06. The summed E-state index contributed by atoms with van der Waals surface area (Å²) in [6.07, 6.45) is 14.3. The Morgan fingerprint density at radius 3 is 2.77 bits per heavy atom. The third kappa shape index (κ3) is 4.60. The van der Waals surface area contributed by atoms with E-state index in [2.05, 4.69) is 85.5 Å². The van der Waals surface area contributed by atoms with Crippen LogP contribution in [0.2, 0.25) is 0 Å². The molecule has 0 aliphatic carbocycles. The van der Waals surface area contributed by atoms with Gasteiger partial charge in [-0.2, -0.15) is 0 Å². The molecule has 0 radical (unpaired) electrons. The van der Waals surface area contributed by atoms with Crippen molar-refractivity contribution >= 4 is 5.69 Å². The fourth-order valence-corrected chi connectivity index (χ4v) is 2.83. The van der Waals surface area contributed by atoms with E-state index < -0.39 is 0 Å².